The topological polar surface area (TPSA) is 83.5 Å². The average Bonchev–Trinajstić information content (AvgIpc) is 2.34. The van der Waals surface area contributed by atoms with E-state index >= 15 is 0 Å². The smallest absolute Gasteiger partial charge is 0.416 e. The molecule has 0 amide bonds. The lowest BCUT2D eigenvalue weighted by Crippen LogP contribution is -2.44. The first-order valence-corrected chi connectivity index (χ1v) is 7.36. The van der Waals surface area contributed by atoms with Crippen LogP contribution in [0.3, 0.4) is 0 Å². The van der Waals surface area contributed by atoms with E-state index in [-0.39, 0.29) is 0 Å². The van der Waals surface area contributed by atoms with Gasteiger partial charge in [-0.25, -0.2) is 8.42 Å². The standard InChI is InChI=1S/C12H14F3NO4S/c1-7(2)10(11(17)18)16-21(19,20)9-5-3-8(4-6-9)12(13,14)15/h3-7,10,16H,1-2H3,(H,17,18)/t10-/m1/s1. The molecule has 0 aliphatic heterocycles. The highest BCUT2D eigenvalue weighted by Crippen LogP contribution is 2.29. The Bertz CT molecular complexity index is 608. The lowest BCUT2D eigenvalue weighted by molar-refractivity contribution is -0.140. The van der Waals surface area contributed by atoms with E-state index in [2.05, 4.69) is 0 Å². The van der Waals surface area contributed by atoms with Crippen LogP contribution in [-0.2, 0) is 21.0 Å². The molecule has 0 heterocycles. The van der Waals surface area contributed by atoms with Crippen molar-refractivity contribution in [2.75, 3.05) is 0 Å². The molecule has 0 saturated carbocycles. The molecule has 1 aromatic carbocycles. The van der Waals surface area contributed by atoms with Crippen LogP contribution in [0.25, 0.3) is 0 Å². The number of halogens is 3. The number of hydrogen-bond acceptors (Lipinski definition) is 3. The van der Waals surface area contributed by atoms with Crippen molar-refractivity contribution in [3.63, 3.8) is 0 Å². The van der Waals surface area contributed by atoms with Gasteiger partial charge in [0.05, 0.1) is 10.5 Å². The van der Waals surface area contributed by atoms with Crippen LogP contribution >= 0.6 is 0 Å². The summed E-state index contributed by atoms with van der Waals surface area (Å²) in [4.78, 5) is 10.5. The van der Waals surface area contributed by atoms with Gasteiger partial charge < -0.3 is 5.11 Å². The fourth-order valence-corrected chi connectivity index (χ4v) is 2.87. The summed E-state index contributed by atoms with van der Waals surface area (Å²) in [5, 5.41) is 8.93. The van der Waals surface area contributed by atoms with E-state index in [1.54, 1.807) is 0 Å². The van der Waals surface area contributed by atoms with Gasteiger partial charge in [0.25, 0.3) is 0 Å². The number of benzene rings is 1. The maximum atomic E-state index is 12.4. The van der Waals surface area contributed by atoms with E-state index in [9.17, 15) is 26.4 Å². The Morgan fingerprint density at radius 1 is 1.19 bits per heavy atom. The monoisotopic (exact) mass is 325 g/mol. The summed E-state index contributed by atoms with van der Waals surface area (Å²) < 4.78 is 63.1. The Morgan fingerprint density at radius 2 is 1.67 bits per heavy atom. The number of rotatable bonds is 5. The zero-order valence-electron chi connectivity index (χ0n) is 11.2. The highest BCUT2D eigenvalue weighted by atomic mass is 32.2. The van der Waals surface area contributed by atoms with Gasteiger partial charge in [0, 0.05) is 0 Å². The number of aliphatic carboxylic acids is 1. The zero-order valence-corrected chi connectivity index (χ0v) is 12.0. The molecule has 1 rings (SSSR count). The van der Waals surface area contributed by atoms with Crippen molar-refractivity contribution in [1.29, 1.82) is 0 Å². The molecule has 21 heavy (non-hydrogen) atoms. The summed E-state index contributed by atoms with van der Waals surface area (Å²) in [6.45, 7) is 3.02. The van der Waals surface area contributed by atoms with Gasteiger partial charge in [0.15, 0.2) is 0 Å². The van der Waals surface area contributed by atoms with Gasteiger partial charge in [-0.05, 0) is 30.2 Å². The van der Waals surface area contributed by atoms with Gasteiger partial charge in [-0.2, -0.15) is 17.9 Å². The SMILES string of the molecule is CC(C)[C@@H](NS(=O)(=O)c1ccc(C(F)(F)F)cc1)C(=O)O. The highest BCUT2D eigenvalue weighted by Gasteiger charge is 2.32. The number of hydrogen-bond donors (Lipinski definition) is 2. The summed E-state index contributed by atoms with van der Waals surface area (Å²) in [5.74, 6) is -1.88. The number of carboxylic acid groups (broad SMARTS) is 1. The van der Waals surface area contributed by atoms with E-state index < -0.39 is 44.6 Å². The minimum Gasteiger partial charge on any atom is -0.480 e. The molecule has 0 aromatic heterocycles. The fourth-order valence-electron chi connectivity index (χ4n) is 1.53. The zero-order chi connectivity index (χ0) is 16.4. The third-order valence-corrected chi connectivity index (χ3v) is 4.16. The second-order valence-electron chi connectivity index (χ2n) is 4.70. The lowest BCUT2D eigenvalue weighted by Gasteiger charge is -2.18. The van der Waals surface area contributed by atoms with Gasteiger partial charge in [-0.3, -0.25) is 4.79 Å². The van der Waals surface area contributed by atoms with E-state index in [1.807, 2.05) is 4.72 Å². The molecule has 0 fully saturated rings. The van der Waals surface area contributed by atoms with Crippen LogP contribution in [0, 0.1) is 5.92 Å². The first-order valence-electron chi connectivity index (χ1n) is 5.87. The van der Waals surface area contributed by atoms with E-state index in [0.717, 1.165) is 12.1 Å². The van der Waals surface area contributed by atoms with Crippen molar-refractivity contribution in [1.82, 2.24) is 4.72 Å². The first-order chi connectivity index (χ1) is 9.45. The van der Waals surface area contributed by atoms with Crippen molar-refractivity contribution in [2.45, 2.75) is 31.0 Å². The van der Waals surface area contributed by atoms with Crippen LogP contribution in [0.5, 0.6) is 0 Å². The van der Waals surface area contributed by atoms with Crippen molar-refractivity contribution in [2.24, 2.45) is 5.92 Å². The van der Waals surface area contributed by atoms with Crippen LogP contribution < -0.4 is 4.72 Å². The van der Waals surface area contributed by atoms with E-state index in [0.29, 0.717) is 12.1 Å². The minimum atomic E-state index is -4.57. The molecule has 0 saturated heterocycles. The molecule has 1 aromatic rings. The molecule has 0 spiro atoms. The van der Waals surface area contributed by atoms with Crippen molar-refractivity contribution >= 4 is 16.0 Å². The Labute approximate surface area is 119 Å². The highest BCUT2D eigenvalue weighted by molar-refractivity contribution is 7.89. The molecule has 0 radical (unpaired) electrons. The predicted octanol–water partition coefficient (Wildman–Crippen LogP) is 2.09. The third kappa shape index (κ3) is 4.43. The molecular weight excluding hydrogens is 311 g/mol. The van der Waals surface area contributed by atoms with Gasteiger partial charge in [-0.1, -0.05) is 13.8 Å². The number of nitrogens with one attached hydrogen (secondary N) is 1. The maximum Gasteiger partial charge on any atom is 0.416 e. The number of carbonyl (C=O) groups is 1. The predicted molar refractivity (Wildman–Crippen MR) is 68.0 cm³/mol. The molecule has 9 heteroatoms. The molecule has 5 nitrogen and oxygen atoms in total. The fraction of sp³-hybridized carbons (Fsp3) is 0.417. The van der Waals surface area contributed by atoms with Crippen molar-refractivity contribution < 1.29 is 31.5 Å². The van der Waals surface area contributed by atoms with Crippen LogP contribution in [0.1, 0.15) is 19.4 Å². The second-order valence-corrected chi connectivity index (χ2v) is 6.42. The molecule has 0 aliphatic carbocycles. The summed E-state index contributed by atoms with van der Waals surface area (Å²) in [6.07, 6.45) is -4.57. The van der Waals surface area contributed by atoms with Gasteiger partial charge in [0.1, 0.15) is 6.04 Å². The lowest BCUT2D eigenvalue weighted by atomic mass is 10.1. The molecule has 0 unspecified atom stereocenters. The van der Waals surface area contributed by atoms with Crippen LogP contribution in [0.15, 0.2) is 29.2 Å². The number of carboxylic acids is 1. The second kappa shape index (κ2) is 6.02. The molecule has 1 atom stereocenters. The Balaban J connectivity index is 3.06. The summed E-state index contributed by atoms with van der Waals surface area (Å²) in [5.41, 5.74) is -0.986. The van der Waals surface area contributed by atoms with Crippen molar-refractivity contribution in [3.05, 3.63) is 29.8 Å². The molecule has 2 N–H and O–H groups in total. The molecule has 0 bridgehead atoms. The summed E-state index contributed by atoms with van der Waals surface area (Å²) in [7, 11) is -4.21. The Kier molecular flexibility index (Phi) is 5.00. The van der Waals surface area contributed by atoms with Crippen LogP contribution in [0.4, 0.5) is 13.2 Å². The summed E-state index contributed by atoms with van der Waals surface area (Å²) >= 11 is 0. The normalized spacial score (nSPS) is 14.2. The average molecular weight is 325 g/mol. The quantitative estimate of drug-likeness (QED) is 0.868. The van der Waals surface area contributed by atoms with Crippen molar-refractivity contribution in [3.8, 4) is 0 Å². The molecule has 118 valence electrons. The third-order valence-electron chi connectivity index (χ3n) is 2.71. The minimum absolute atomic E-state index is 0.428. The Hall–Kier alpha value is -1.61. The number of alkyl halides is 3. The van der Waals surface area contributed by atoms with Crippen LogP contribution in [0.2, 0.25) is 0 Å². The molecular formula is C12H14F3NO4S. The van der Waals surface area contributed by atoms with Gasteiger partial charge >= 0.3 is 12.1 Å². The van der Waals surface area contributed by atoms with E-state index in [4.69, 9.17) is 5.11 Å². The van der Waals surface area contributed by atoms with E-state index in [1.165, 1.54) is 13.8 Å². The summed E-state index contributed by atoms with van der Waals surface area (Å²) in [6, 6.07) is 1.45. The largest absolute Gasteiger partial charge is 0.480 e. The molecule has 0 aliphatic rings. The van der Waals surface area contributed by atoms with Gasteiger partial charge in [0.2, 0.25) is 10.0 Å². The van der Waals surface area contributed by atoms with Gasteiger partial charge in [-0.15, -0.1) is 0 Å². The first kappa shape index (κ1) is 17.4. The Morgan fingerprint density at radius 3 is 2.00 bits per heavy atom. The van der Waals surface area contributed by atoms with Crippen LogP contribution in [-0.4, -0.2) is 25.5 Å². The number of sulfonamides is 1. The maximum absolute atomic E-state index is 12.4.